The van der Waals surface area contributed by atoms with Crippen LogP contribution in [0.15, 0.2) is 0 Å². The highest BCUT2D eigenvalue weighted by atomic mass is 16.3. The quantitative estimate of drug-likeness (QED) is 0.676. The lowest BCUT2D eigenvalue weighted by Gasteiger charge is -2.21. The van der Waals surface area contributed by atoms with Crippen LogP contribution in [0.3, 0.4) is 0 Å². The molecule has 0 aliphatic heterocycles. The van der Waals surface area contributed by atoms with Gasteiger partial charge in [-0.2, -0.15) is 5.10 Å². The fraction of sp³-hybridized carbons (Fsp3) is 0.636. The number of carbonyl (C=O) groups excluding carboxylic acids is 1. The van der Waals surface area contributed by atoms with E-state index in [1.165, 1.54) is 0 Å². The number of nitrogens with zero attached hydrogens (tertiary/aromatic N) is 2. The zero-order valence-electron chi connectivity index (χ0n) is 10.4. The first kappa shape index (κ1) is 13.5. The standard InChI is InChI=1S/C11H20N4O2/c1-3-4-5-15(6-7-16)11(17)9-8(2)13-14-10(9)12/h16H,3-7H2,1-2H3,(H3,12,13,14). The number of H-pyrrole nitrogens is 1. The van der Waals surface area contributed by atoms with E-state index in [2.05, 4.69) is 17.1 Å². The van der Waals surface area contributed by atoms with Crippen molar-refractivity contribution in [3.8, 4) is 0 Å². The molecule has 6 nitrogen and oxygen atoms in total. The molecule has 6 heteroatoms. The number of hydrogen-bond donors (Lipinski definition) is 3. The Hall–Kier alpha value is -1.56. The number of nitrogen functional groups attached to an aromatic ring is 1. The molecule has 1 rings (SSSR count). The Kier molecular flexibility index (Phi) is 4.96. The molecule has 0 spiro atoms. The van der Waals surface area contributed by atoms with Crippen molar-refractivity contribution in [3.05, 3.63) is 11.3 Å². The highest BCUT2D eigenvalue weighted by Crippen LogP contribution is 2.15. The Morgan fingerprint density at radius 1 is 1.53 bits per heavy atom. The number of aromatic amines is 1. The van der Waals surface area contributed by atoms with Crippen molar-refractivity contribution >= 4 is 11.7 Å². The lowest BCUT2D eigenvalue weighted by atomic mass is 10.2. The number of unbranched alkanes of at least 4 members (excludes halogenated alkanes) is 1. The number of aliphatic hydroxyl groups excluding tert-OH is 1. The van der Waals surface area contributed by atoms with Gasteiger partial charge in [0.2, 0.25) is 0 Å². The van der Waals surface area contributed by atoms with Crippen LogP contribution in [0.2, 0.25) is 0 Å². The molecule has 1 heterocycles. The average Bonchev–Trinajstić information content (AvgIpc) is 2.63. The Morgan fingerprint density at radius 2 is 2.24 bits per heavy atom. The zero-order valence-corrected chi connectivity index (χ0v) is 10.4. The minimum atomic E-state index is -0.170. The van der Waals surface area contributed by atoms with E-state index in [4.69, 9.17) is 10.8 Å². The summed E-state index contributed by atoms with van der Waals surface area (Å²) in [5.74, 6) is 0.0446. The molecule has 0 saturated heterocycles. The lowest BCUT2D eigenvalue weighted by molar-refractivity contribution is 0.0720. The van der Waals surface area contributed by atoms with Crippen LogP contribution in [0, 0.1) is 6.92 Å². The van der Waals surface area contributed by atoms with E-state index in [-0.39, 0.29) is 18.3 Å². The first-order chi connectivity index (χ1) is 8.11. The molecule has 4 N–H and O–H groups in total. The van der Waals surface area contributed by atoms with Gasteiger partial charge in [0.1, 0.15) is 5.56 Å². The summed E-state index contributed by atoms with van der Waals surface area (Å²) in [6.45, 7) is 4.71. The number of hydrogen-bond acceptors (Lipinski definition) is 4. The summed E-state index contributed by atoms with van der Waals surface area (Å²) in [4.78, 5) is 13.8. The number of anilines is 1. The van der Waals surface area contributed by atoms with Crippen LogP contribution in [0.25, 0.3) is 0 Å². The molecule has 0 aliphatic carbocycles. The number of aryl methyl sites for hydroxylation is 1. The highest BCUT2D eigenvalue weighted by Gasteiger charge is 2.21. The first-order valence-corrected chi connectivity index (χ1v) is 5.82. The van der Waals surface area contributed by atoms with Crippen LogP contribution < -0.4 is 5.73 Å². The summed E-state index contributed by atoms with van der Waals surface area (Å²) >= 11 is 0. The van der Waals surface area contributed by atoms with Crippen molar-refractivity contribution in [2.75, 3.05) is 25.4 Å². The fourth-order valence-corrected chi connectivity index (χ4v) is 1.66. The molecule has 1 amide bonds. The Labute approximate surface area is 101 Å². The molecule has 0 atom stereocenters. The van der Waals surface area contributed by atoms with Gasteiger partial charge in [0.15, 0.2) is 5.82 Å². The Balaban J connectivity index is 2.83. The largest absolute Gasteiger partial charge is 0.395 e. The van der Waals surface area contributed by atoms with Gasteiger partial charge >= 0.3 is 0 Å². The summed E-state index contributed by atoms with van der Waals surface area (Å²) in [7, 11) is 0. The third-order valence-electron chi connectivity index (χ3n) is 2.63. The van der Waals surface area contributed by atoms with Crippen molar-refractivity contribution in [1.29, 1.82) is 0 Å². The average molecular weight is 240 g/mol. The third-order valence-corrected chi connectivity index (χ3v) is 2.63. The number of aliphatic hydroxyl groups is 1. The zero-order chi connectivity index (χ0) is 12.8. The van der Waals surface area contributed by atoms with Crippen LogP contribution in [0.4, 0.5) is 5.82 Å². The third kappa shape index (κ3) is 3.20. The Morgan fingerprint density at radius 3 is 2.71 bits per heavy atom. The predicted octanol–water partition coefficient (Wildman–Crippen LogP) is 0.535. The van der Waals surface area contributed by atoms with E-state index in [9.17, 15) is 4.79 Å². The summed E-state index contributed by atoms with van der Waals surface area (Å²) < 4.78 is 0. The molecule has 0 bridgehead atoms. The van der Waals surface area contributed by atoms with E-state index in [0.717, 1.165) is 12.8 Å². The number of carbonyl (C=O) groups is 1. The normalized spacial score (nSPS) is 10.5. The highest BCUT2D eigenvalue weighted by molar-refractivity contribution is 5.99. The van der Waals surface area contributed by atoms with Gasteiger partial charge in [-0.15, -0.1) is 0 Å². The van der Waals surface area contributed by atoms with Crippen molar-refractivity contribution in [2.24, 2.45) is 0 Å². The molecule has 1 aromatic rings. The van der Waals surface area contributed by atoms with Crippen LogP contribution in [0.1, 0.15) is 35.8 Å². The number of amides is 1. The molecule has 0 unspecified atom stereocenters. The second kappa shape index (κ2) is 6.24. The van der Waals surface area contributed by atoms with E-state index >= 15 is 0 Å². The van der Waals surface area contributed by atoms with Gasteiger partial charge in [0, 0.05) is 18.8 Å². The summed E-state index contributed by atoms with van der Waals surface area (Å²) in [6.07, 6.45) is 1.90. The Bertz CT molecular complexity index is 356. The second-order valence-electron chi connectivity index (χ2n) is 3.98. The van der Waals surface area contributed by atoms with E-state index in [1.807, 2.05) is 0 Å². The lowest BCUT2D eigenvalue weighted by Crippen LogP contribution is -2.35. The molecule has 1 aromatic heterocycles. The maximum atomic E-state index is 12.2. The van der Waals surface area contributed by atoms with Crippen LogP contribution in [-0.2, 0) is 0 Å². The molecule has 0 saturated carbocycles. The van der Waals surface area contributed by atoms with Crippen LogP contribution in [-0.4, -0.2) is 45.8 Å². The summed E-state index contributed by atoms with van der Waals surface area (Å²) in [5.41, 5.74) is 6.72. The minimum absolute atomic E-state index is 0.0493. The molecule has 0 fully saturated rings. The van der Waals surface area contributed by atoms with E-state index in [1.54, 1.807) is 11.8 Å². The summed E-state index contributed by atoms with van der Waals surface area (Å²) in [5, 5.41) is 15.5. The van der Waals surface area contributed by atoms with Gasteiger partial charge in [-0.25, -0.2) is 0 Å². The van der Waals surface area contributed by atoms with Crippen LogP contribution in [0.5, 0.6) is 0 Å². The molecular weight excluding hydrogens is 220 g/mol. The van der Waals surface area contributed by atoms with Crippen LogP contribution >= 0.6 is 0 Å². The number of nitrogens with two attached hydrogens (primary N) is 1. The van der Waals surface area contributed by atoms with Gasteiger partial charge in [0.25, 0.3) is 5.91 Å². The minimum Gasteiger partial charge on any atom is -0.395 e. The predicted molar refractivity (Wildman–Crippen MR) is 65.6 cm³/mol. The van der Waals surface area contributed by atoms with Gasteiger partial charge in [-0.05, 0) is 13.3 Å². The van der Waals surface area contributed by atoms with E-state index in [0.29, 0.717) is 24.3 Å². The molecule has 0 aliphatic rings. The maximum Gasteiger partial charge on any atom is 0.259 e. The van der Waals surface area contributed by atoms with Crippen molar-refractivity contribution < 1.29 is 9.90 Å². The number of aromatic nitrogens is 2. The molecule has 0 aromatic carbocycles. The van der Waals surface area contributed by atoms with Gasteiger partial charge in [-0.1, -0.05) is 13.3 Å². The first-order valence-electron chi connectivity index (χ1n) is 5.82. The van der Waals surface area contributed by atoms with Gasteiger partial charge < -0.3 is 15.7 Å². The van der Waals surface area contributed by atoms with Crippen molar-refractivity contribution in [3.63, 3.8) is 0 Å². The van der Waals surface area contributed by atoms with E-state index < -0.39 is 0 Å². The molecule has 0 radical (unpaired) electrons. The maximum absolute atomic E-state index is 12.2. The van der Waals surface area contributed by atoms with Crippen molar-refractivity contribution in [1.82, 2.24) is 15.1 Å². The molecule has 17 heavy (non-hydrogen) atoms. The summed E-state index contributed by atoms with van der Waals surface area (Å²) in [6, 6.07) is 0. The SMILES string of the molecule is CCCCN(CCO)C(=O)c1c(N)n[nH]c1C. The van der Waals surface area contributed by atoms with Gasteiger partial charge in [0.05, 0.1) is 6.61 Å². The van der Waals surface area contributed by atoms with Crippen molar-refractivity contribution in [2.45, 2.75) is 26.7 Å². The van der Waals surface area contributed by atoms with Gasteiger partial charge in [-0.3, -0.25) is 9.89 Å². The molecular formula is C11H20N4O2. The number of rotatable bonds is 6. The second-order valence-corrected chi connectivity index (χ2v) is 3.98. The number of nitrogens with one attached hydrogen (secondary N) is 1. The monoisotopic (exact) mass is 240 g/mol. The smallest absolute Gasteiger partial charge is 0.259 e. The fourth-order valence-electron chi connectivity index (χ4n) is 1.66. The molecule has 96 valence electrons. The topological polar surface area (TPSA) is 95.2 Å².